The summed E-state index contributed by atoms with van der Waals surface area (Å²) in [5.74, 6) is 1.73. The molecule has 0 bridgehead atoms. The third-order valence-electron chi connectivity index (χ3n) is 4.19. The molecule has 0 fully saturated rings. The minimum atomic E-state index is 0. The van der Waals surface area contributed by atoms with Gasteiger partial charge in [-0.25, -0.2) is 12.8 Å². The topological polar surface area (TPSA) is 0 Å². The average Bonchev–Trinajstić information content (AvgIpc) is 2.39. The molecule has 1 radical (unpaired) electrons. The van der Waals surface area contributed by atoms with Crippen molar-refractivity contribution in [2.24, 2.45) is 0 Å². The van der Waals surface area contributed by atoms with Gasteiger partial charge in [0.05, 0.1) is 0 Å². The maximum Gasteiger partial charge on any atom is 0 e. The summed E-state index contributed by atoms with van der Waals surface area (Å²) in [5.41, 5.74) is 6.49. The van der Waals surface area contributed by atoms with Gasteiger partial charge in [0.2, 0.25) is 0 Å². The average molecular weight is 313 g/mol. The van der Waals surface area contributed by atoms with E-state index in [9.17, 15) is 0 Å². The number of hydrogen-bond donors (Lipinski definition) is 0. The van der Waals surface area contributed by atoms with Crippen LogP contribution in [0, 0.1) is 12.8 Å². The summed E-state index contributed by atoms with van der Waals surface area (Å²) in [6.45, 7) is 3.98. The summed E-state index contributed by atoms with van der Waals surface area (Å²) >= 11 is 0. The van der Waals surface area contributed by atoms with Gasteiger partial charge < -0.3 is 12.8 Å². The number of aryl methyl sites for hydroxylation is 1. The molecule has 0 heterocycles. The van der Waals surface area contributed by atoms with Gasteiger partial charge in [-0.2, -0.15) is 12.8 Å². The van der Waals surface area contributed by atoms with E-state index in [2.05, 4.69) is 31.2 Å². The molecule has 2 aliphatic carbocycles. The zero-order valence-electron chi connectivity index (χ0n) is 11.0. The van der Waals surface area contributed by atoms with E-state index in [0.717, 1.165) is 6.42 Å². The fraction of sp³-hybridized carbons (Fsp3) is 0.412. The Labute approximate surface area is 136 Å². The molecular weight excluding hydrogens is 293 g/mol. The van der Waals surface area contributed by atoms with Crippen LogP contribution in [0.1, 0.15) is 49.7 Å². The molecule has 0 unspecified atom stereocenters. The van der Waals surface area contributed by atoms with E-state index in [-0.39, 0.29) is 32.7 Å². The van der Waals surface area contributed by atoms with Crippen molar-refractivity contribution in [3.8, 4) is 0 Å². The molecule has 0 aliphatic heterocycles. The molecule has 0 saturated heterocycles. The molecule has 93 valence electrons. The van der Waals surface area contributed by atoms with E-state index in [4.69, 9.17) is 0 Å². The quantitative estimate of drug-likeness (QED) is 0.691. The number of allylic oxidation sites excluding steroid dienone is 2. The zero-order valence-corrected chi connectivity index (χ0v) is 13.9. The van der Waals surface area contributed by atoms with E-state index in [1.54, 1.807) is 28.2 Å². The Hall–Kier alpha value is 0.0639. The number of hydrogen-bond acceptors (Lipinski definition) is 0. The Morgan fingerprint density at radius 3 is 2.78 bits per heavy atom. The van der Waals surface area contributed by atoms with Crippen LogP contribution in [0.15, 0.2) is 29.8 Å². The third kappa shape index (κ3) is 2.80. The van der Waals surface area contributed by atoms with Crippen LogP contribution in [0.3, 0.4) is 0 Å². The van der Waals surface area contributed by atoms with Crippen molar-refractivity contribution in [1.29, 1.82) is 0 Å². The second kappa shape index (κ2) is 6.48. The molecule has 3 rings (SSSR count). The molecule has 2 aliphatic rings. The number of benzene rings is 1. The molecule has 0 N–H and O–H groups in total. The van der Waals surface area contributed by atoms with Crippen LogP contribution in [0.2, 0.25) is 0 Å². The van der Waals surface area contributed by atoms with Gasteiger partial charge in [0, 0.05) is 32.7 Å². The van der Waals surface area contributed by atoms with Crippen molar-refractivity contribution in [1.82, 2.24) is 0 Å². The molecular formula is C17H20Y-2. The van der Waals surface area contributed by atoms with Crippen molar-refractivity contribution in [2.45, 2.75) is 44.9 Å². The molecule has 0 spiro atoms. The molecule has 18 heavy (non-hydrogen) atoms. The zero-order chi connectivity index (χ0) is 11.7. The fourth-order valence-electron chi connectivity index (χ4n) is 3.32. The second-order valence-electron chi connectivity index (χ2n) is 5.27. The van der Waals surface area contributed by atoms with Gasteiger partial charge in [0.25, 0.3) is 0 Å². The predicted octanol–water partition coefficient (Wildman–Crippen LogP) is 4.76. The molecule has 0 atom stereocenters. The summed E-state index contributed by atoms with van der Waals surface area (Å²) < 4.78 is 0. The Kier molecular flexibility index (Phi) is 5.21. The maximum atomic E-state index is 3.98. The summed E-state index contributed by atoms with van der Waals surface area (Å²) in [5, 5.41) is 0. The minimum Gasteiger partial charge on any atom is -0.346 e. The first-order valence-corrected chi connectivity index (χ1v) is 6.80. The van der Waals surface area contributed by atoms with Gasteiger partial charge in [-0.15, -0.1) is 0 Å². The van der Waals surface area contributed by atoms with E-state index < -0.39 is 0 Å². The SMILES string of the molecule is [CH2-]CC[C-]1CCC2=C(CCc3ccccc32)C1.[Y]. The van der Waals surface area contributed by atoms with Crippen LogP contribution in [0.5, 0.6) is 0 Å². The van der Waals surface area contributed by atoms with Crippen LogP contribution in [0.4, 0.5) is 0 Å². The summed E-state index contributed by atoms with van der Waals surface area (Å²) in [7, 11) is 0. The monoisotopic (exact) mass is 313 g/mol. The van der Waals surface area contributed by atoms with Crippen LogP contribution in [-0.2, 0) is 39.1 Å². The van der Waals surface area contributed by atoms with Gasteiger partial charge in [0.1, 0.15) is 0 Å². The third-order valence-corrected chi connectivity index (χ3v) is 4.19. The van der Waals surface area contributed by atoms with Crippen molar-refractivity contribution in [2.75, 3.05) is 0 Å². The molecule has 1 aromatic carbocycles. The van der Waals surface area contributed by atoms with Gasteiger partial charge in [-0.05, 0) is 29.5 Å². The summed E-state index contributed by atoms with van der Waals surface area (Å²) in [6, 6.07) is 8.97. The largest absolute Gasteiger partial charge is 0.346 e. The van der Waals surface area contributed by atoms with Crippen molar-refractivity contribution < 1.29 is 32.7 Å². The van der Waals surface area contributed by atoms with Crippen LogP contribution >= 0.6 is 0 Å². The summed E-state index contributed by atoms with van der Waals surface area (Å²) in [6.07, 6.45) is 8.65. The van der Waals surface area contributed by atoms with Gasteiger partial charge in [-0.1, -0.05) is 36.3 Å². The van der Waals surface area contributed by atoms with Gasteiger partial charge in [0.15, 0.2) is 0 Å². The number of fused-ring (bicyclic) bond motifs is 2. The van der Waals surface area contributed by atoms with Crippen molar-refractivity contribution in [3.63, 3.8) is 0 Å². The summed E-state index contributed by atoms with van der Waals surface area (Å²) in [4.78, 5) is 0. The molecule has 1 heteroatoms. The number of rotatable bonds is 2. The molecule has 0 saturated carbocycles. The Morgan fingerprint density at radius 2 is 1.94 bits per heavy atom. The van der Waals surface area contributed by atoms with E-state index >= 15 is 0 Å². The van der Waals surface area contributed by atoms with E-state index in [0.29, 0.717) is 0 Å². The van der Waals surface area contributed by atoms with Crippen LogP contribution in [-0.4, -0.2) is 0 Å². The maximum absolute atomic E-state index is 3.98. The predicted molar refractivity (Wildman–Crippen MR) is 73.4 cm³/mol. The molecule has 0 amide bonds. The minimum absolute atomic E-state index is 0. The second-order valence-corrected chi connectivity index (χ2v) is 5.27. The van der Waals surface area contributed by atoms with Crippen molar-refractivity contribution >= 4 is 5.57 Å². The van der Waals surface area contributed by atoms with Crippen LogP contribution in [0.25, 0.3) is 5.57 Å². The molecule has 1 aromatic rings. The Bertz CT molecular complexity index is 445. The standard InChI is InChI=1S/C17H20.Y/c1-2-5-13-8-11-17-15(12-13)10-9-14-6-3-4-7-16(14)17;/h3-4,6-7H,1-2,5,8-12H2;/q-2;. The first-order valence-electron chi connectivity index (χ1n) is 6.80. The first-order chi connectivity index (χ1) is 8.38. The van der Waals surface area contributed by atoms with E-state index in [1.807, 2.05) is 0 Å². The van der Waals surface area contributed by atoms with Crippen LogP contribution < -0.4 is 0 Å². The smallest absolute Gasteiger partial charge is 0 e. The van der Waals surface area contributed by atoms with Gasteiger partial charge in [-0.3, -0.25) is 0 Å². The molecule has 0 nitrogen and oxygen atoms in total. The molecule has 0 aromatic heterocycles. The van der Waals surface area contributed by atoms with Gasteiger partial charge >= 0.3 is 0 Å². The first kappa shape index (κ1) is 14.5. The Balaban J connectivity index is 0.00000120. The Morgan fingerprint density at radius 1 is 1.11 bits per heavy atom. The normalized spacial score (nSPS) is 18.9. The van der Waals surface area contributed by atoms with E-state index in [1.165, 1.54) is 38.5 Å². The fourth-order valence-corrected chi connectivity index (χ4v) is 3.32. The van der Waals surface area contributed by atoms with Crippen molar-refractivity contribution in [3.05, 3.63) is 53.8 Å².